The molecule has 0 fully saturated rings. The van der Waals surface area contributed by atoms with E-state index in [0.717, 1.165) is 37.0 Å². The van der Waals surface area contributed by atoms with Gasteiger partial charge in [-0.25, -0.2) is 0 Å². The summed E-state index contributed by atoms with van der Waals surface area (Å²) in [6.45, 7) is 2.09. The van der Waals surface area contributed by atoms with Crippen LogP contribution in [0, 0.1) is 0 Å². The number of halogens is 3. The minimum absolute atomic E-state index is 0.419. The van der Waals surface area contributed by atoms with Gasteiger partial charge in [-0.1, -0.05) is 38.3 Å². The topological polar surface area (TPSA) is 20.2 Å². The maximum Gasteiger partial charge on any atom is 0.416 e. The van der Waals surface area contributed by atoms with Crippen LogP contribution in [0.2, 0.25) is 0 Å². The summed E-state index contributed by atoms with van der Waals surface area (Å²) in [5, 5.41) is 9.74. The molecule has 1 N–H and O–H groups in total. The zero-order chi connectivity index (χ0) is 13.6. The molecular weight excluding hydrogens is 241 g/mol. The molecule has 0 aliphatic carbocycles. The van der Waals surface area contributed by atoms with Gasteiger partial charge in [0, 0.05) is 0 Å². The molecule has 0 aromatic heterocycles. The molecule has 0 heterocycles. The van der Waals surface area contributed by atoms with Crippen molar-refractivity contribution in [3.05, 3.63) is 35.4 Å². The summed E-state index contributed by atoms with van der Waals surface area (Å²) in [4.78, 5) is 0. The van der Waals surface area contributed by atoms with E-state index < -0.39 is 17.8 Å². The molecule has 1 rings (SSSR count). The second-order valence-electron chi connectivity index (χ2n) is 4.55. The predicted molar refractivity (Wildman–Crippen MR) is 65.3 cm³/mol. The molecule has 0 aliphatic rings. The Morgan fingerprint density at radius 1 is 1.11 bits per heavy atom. The standard InChI is InChI=1S/C14H19F3O/c1-2-3-4-5-13(18)10-11-6-8-12(9-7-11)14(15,16)17/h6-9,13,18H,2-5,10H2,1H3. The molecule has 1 unspecified atom stereocenters. The van der Waals surface area contributed by atoms with Gasteiger partial charge in [0.25, 0.3) is 0 Å². The molecular formula is C14H19F3O. The Hall–Kier alpha value is -1.03. The van der Waals surface area contributed by atoms with E-state index in [1.54, 1.807) is 0 Å². The Kier molecular flexibility index (Phi) is 5.66. The Bertz CT molecular complexity index is 343. The third-order valence-corrected chi connectivity index (χ3v) is 2.89. The van der Waals surface area contributed by atoms with Crippen molar-refractivity contribution in [2.24, 2.45) is 0 Å². The Balaban J connectivity index is 2.48. The number of alkyl halides is 3. The monoisotopic (exact) mass is 260 g/mol. The minimum atomic E-state index is -4.29. The predicted octanol–water partition coefficient (Wildman–Crippen LogP) is 4.19. The molecule has 0 radical (unpaired) electrons. The van der Waals surface area contributed by atoms with Gasteiger partial charge in [-0.2, -0.15) is 13.2 Å². The fourth-order valence-corrected chi connectivity index (χ4v) is 1.83. The number of hydrogen-bond acceptors (Lipinski definition) is 1. The summed E-state index contributed by atoms with van der Waals surface area (Å²) in [7, 11) is 0. The number of aliphatic hydroxyl groups excluding tert-OH is 1. The van der Waals surface area contributed by atoms with Crippen LogP contribution in [0.5, 0.6) is 0 Å². The van der Waals surface area contributed by atoms with E-state index in [4.69, 9.17) is 0 Å². The second kappa shape index (κ2) is 6.78. The summed E-state index contributed by atoms with van der Waals surface area (Å²) < 4.78 is 37.0. The molecule has 0 amide bonds. The molecule has 1 atom stereocenters. The van der Waals surface area contributed by atoms with Crippen LogP contribution in [0.4, 0.5) is 13.2 Å². The molecule has 0 aliphatic heterocycles. The Morgan fingerprint density at radius 2 is 1.72 bits per heavy atom. The van der Waals surface area contributed by atoms with Crippen LogP contribution in [-0.4, -0.2) is 11.2 Å². The van der Waals surface area contributed by atoms with Gasteiger partial charge in [-0.3, -0.25) is 0 Å². The maximum absolute atomic E-state index is 12.3. The van der Waals surface area contributed by atoms with Gasteiger partial charge in [0.2, 0.25) is 0 Å². The van der Waals surface area contributed by atoms with Gasteiger partial charge in [0.05, 0.1) is 11.7 Å². The highest BCUT2D eigenvalue weighted by Gasteiger charge is 2.29. The summed E-state index contributed by atoms with van der Waals surface area (Å²) in [6, 6.07) is 5.00. The van der Waals surface area contributed by atoms with Crippen molar-refractivity contribution >= 4 is 0 Å². The first kappa shape index (κ1) is 15.0. The van der Waals surface area contributed by atoms with Crippen molar-refractivity contribution < 1.29 is 18.3 Å². The summed E-state index contributed by atoms with van der Waals surface area (Å²) in [5.74, 6) is 0. The maximum atomic E-state index is 12.3. The first-order chi connectivity index (χ1) is 8.43. The van der Waals surface area contributed by atoms with Crippen molar-refractivity contribution in [1.82, 2.24) is 0 Å². The first-order valence-corrected chi connectivity index (χ1v) is 6.27. The molecule has 18 heavy (non-hydrogen) atoms. The molecule has 1 aromatic carbocycles. The van der Waals surface area contributed by atoms with Gasteiger partial charge < -0.3 is 5.11 Å². The third-order valence-electron chi connectivity index (χ3n) is 2.89. The zero-order valence-corrected chi connectivity index (χ0v) is 10.5. The van der Waals surface area contributed by atoms with Crippen LogP contribution < -0.4 is 0 Å². The van der Waals surface area contributed by atoms with Gasteiger partial charge in [0.1, 0.15) is 0 Å². The van der Waals surface area contributed by atoms with E-state index in [0.29, 0.717) is 12.8 Å². The van der Waals surface area contributed by atoms with Crippen molar-refractivity contribution in [1.29, 1.82) is 0 Å². The summed E-state index contributed by atoms with van der Waals surface area (Å²) >= 11 is 0. The summed E-state index contributed by atoms with van der Waals surface area (Å²) in [5.41, 5.74) is 0.0960. The lowest BCUT2D eigenvalue weighted by atomic mass is 10.0. The van der Waals surface area contributed by atoms with Gasteiger partial charge >= 0.3 is 6.18 Å². The lowest BCUT2D eigenvalue weighted by molar-refractivity contribution is -0.137. The smallest absolute Gasteiger partial charge is 0.393 e. The molecule has 1 aromatic rings. The largest absolute Gasteiger partial charge is 0.416 e. The Morgan fingerprint density at radius 3 is 2.22 bits per heavy atom. The number of benzene rings is 1. The zero-order valence-electron chi connectivity index (χ0n) is 10.5. The second-order valence-corrected chi connectivity index (χ2v) is 4.55. The molecule has 1 nitrogen and oxygen atoms in total. The van der Waals surface area contributed by atoms with Gasteiger partial charge in [-0.15, -0.1) is 0 Å². The average molecular weight is 260 g/mol. The van der Waals surface area contributed by atoms with Crippen LogP contribution in [-0.2, 0) is 12.6 Å². The van der Waals surface area contributed by atoms with E-state index in [1.165, 1.54) is 12.1 Å². The number of hydrogen-bond donors (Lipinski definition) is 1. The van der Waals surface area contributed by atoms with E-state index >= 15 is 0 Å². The van der Waals surface area contributed by atoms with E-state index in [1.807, 2.05) is 0 Å². The summed E-state index contributed by atoms with van der Waals surface area (Å²) in [6.07, 6.45) is -0.516. The molecule has 4 heteroatoms. The molecule has 0 saturated heterocycles. The third kappa shape index (κ3) is 5.08. The van der Waals surface area contributed by atoms with Crippen LogP contribution in [0.3, 0.4) is 0 Å². The fourth-order valence-electron chi connectivity index (χ4n) is 1.83. The van der Waals surface area contributed by atoms with Crippen LogP contribution in [0.15, 0.2) is 24.3 Å². The molecule has 0 spiro atoms. The number of rotatable bonds is 6. The highest BCUT2D eigenvalue weighted by atomic mass is 19.4. The van der Waals surface area contributed by atoms with Crippen molar-refractivity contribution in [2.45, 2.75) is 51.3 Å². The number of unbranched alkanes of at least 4 members (excludes halogenated alkanes) is 2. The first-order valence-electron chi connectivity index (χ1n) is 6.27. The van der Waals surface area contributed by atoms with Crippen molar-refractivity contribution in [3.8, 4) is 0 Å². The van der Waals surface area contributed by atoms with Crippen LogP contribution in [0.1, 0.15) is 43.7 Å². The van der Waals surface area contributed by atoms with Crippen LogP contribution in [0.25, 0.3) is 0 Å². The molecule has 102 valence electrons. The van der Waals surface area contributed by atoms with Crippen molar-refractivity contribution in [2.75, 3.05) is 0 Å². The van der Waals surface area contributed by atoms with E-state index in [9.17, 15) is 18.3 Å². The lowest BCUT2D eigenvalue weighted by Gasteiger charge is -2.11. The highest BCUT2D eigenvalue weighted by molar-refractivity contribution is 5.25. The lowest BCUT2D eigenvalue weighted by Crippen LogP contribution is -2.11. The average Bonchev–Trinajstić information content (AvgIpc) is 2.29. The highest BCUT2D eigenvalue weighted by Crippen LogP contribution is 2.29. The van der Waals surface area contributed by atoms with E-state index in [-0.39, 0.29) is 0 Å². The Labute approximate surface area is 106 Å². The van der Waals surface area contributed by atoms with Gasteiger partial charge in [0.15, 0.2) is 0 Å². The number of aliphatic hydroxyl groups is 1. The molecule has 0 bridgehead atoms. The van der Waals surface area contributed by atoms with Gasteiger partial charge in [-0.05, 0) is 30.5 Å². The molecule has 0 saturated carbocycles. The minimum Gasteiger partial charge on any atom is -0.393 e. The fraction of sp³-hybridized carbons (Fsp3) is 0.571. The van der Waals surface area contributed by atoms with Crippen LogP contribution >= 0.6 is 0 Å². The normalized spacial score (nSPS) is 13.6. The van der Waals surface area contributed by atoms with Crippen molar-refractivity contribution in [3.63, 3.8) is 0 Å². The SMILES string of the molecule is CCCCCC(O)Cc1ccc(C(F)(F)F)cc1. The van der Waals surface area contributed by atoms with E-state index in [2.05, 4.69) is 6.92 Å². The quantitative estimate of drug-likeness (QED) is 0.760.